The zero-order valence-electron chi connectivity index (χ0n) is 12.6. The normalized spacial score (nSPS) is 24.2. The van der Waals surface area contributed by atoms with Gasteiger partial charge in [0.15, 0.2) is 14.4 Å². The van der Waals surface area contributed by atoms with Gasteiger partial charge in [-0.3, -0.25) is 0 Å². The number of carbonyl (C=O) groups excluding carboxylic acids is 1. The molecule has 18 heavy (non-hydrogen) atoms. The zero-order chi connectivity index (χ0) is 14.2. The third kappa shape index (κ3) is 3.80. The van der Waals surface area contributed by atoms with Crippen molar-refractivity contribution in [2.75, 3.05) is 6.61 Å². The van der Waals surface area contributed by atoms with Crippen molar-refractivity contribution in [1.29, 1.82) is 0 Å². The molecule has 1 heterocycles. The van der Waals surface area contributed by atoms with Crippen LogP contribution in [-0.2, 0) is 18.7 Å². The molecule has 0 unspecified atom stereocenters. The highest BCUT2D eigenvalue weighted by Gasteiger charge is 2.42. The van der Waals surface area contributed by atoms with Crippen LogP contribution in [0.3, 0.4) is 0 Å². The predicted molar refractivity (Wildman–Crippen MR) is 72.8 cm³/mol. The van der Waals surface area contributed by atoms with E-state index in [2.05, 4.69) is 33.9 Å². The van der Waals surface area contributed by atoms with Crippen molar-refractivity contribution < 1.29 is 18.7 Å². The van der Waals surface area contributed by atoms with Crippen molar-refractivity contribution in [2.45, 2.75) is 71.1 Å². The van der Waals surface area contributed by atoms with E-state index < -0.39 is 20.2 Å². The van der Waals surface area contributed by atoms with Gasteiger partial charge >= 0.3 is 5.97 Å². The lowest BCUT2D eigenvalue weighted by Gasteiger charge is -2.36. The number of ether oxygens (including phenoxy) is 2. The molecule has 0 aromatic heterocycles. The van der Waals surface area contributed by atoms with Gasteiger partial charge in [0.05, 0.1) is 0 Å². The molecule has 1 rings (SSSR count). The van der Waals surface area contributed by atoms with E-state index in [0.29, 0.717) is 13.0 Å². The first-order valence-corrected chi connectivity index (χ1v) is 9.40. The monoisotopic (exact) mass is 274 g/mol. The molecule has 0 aliphatic carbocycles. The summed E-state index contributed by atoms with van der Waals surface area (Å²) >= 11 is 0. The Balaban J connectivity index is 2.42. The summed E-state index contributed by atoms with van der Waals surface area (Å²) in [5.41, 5.74) is 0. The van der Waals surface area contributed by atoms with Crippen LogP contribution in [0.25, 0.3) is 0 Å². The average Bonchev–Trinajstić information content (AvgIpc) is 2.37. The van der Waals surface area contributed by atoms with Crippen molar-refractivity contribution in [3.8, 4) is 0 Å². The number of esters is 1. The van der Waals surface area contributed by atoms with Crippen LogP contribution < -0.4 is 0 Å². The Morgan fingerprint density at radius 1 is 1.33 bits per heavy atom. The molecule has 1 saturated heterocycles. The van der Waals surface area contributed by atoms with Crippen LogP contribution in [0.4, 0.5) is 0 Å². The Labute approximate surface area is 111 Å². The predicted octanol–water partition coefficient (Wildman–Crippen LogP) is 3.08. The second-order valence-corrected chi connectivity index (χ2v) is 11.6. The minimum absolute atomic E-state index is 0.184. The fourth-order valence-electron chi connectivity index (χ4n) is 1.54. The molecule has 0 aromatic carbocycles. The molecule has 1 aliphatic heterocycles. The van der Waals surface area contributed by atoms with Crippen molar-refractivity contribution in [3.05, 3.63) is 0 Å². The van der Waals surface area contributed by atoms with Crippen LogP contribution in [0.2, 0.25) is 18.1 Å². The molecule has 0 spiro atoms. The summed E-state index contributed by atoms with van der Waals surface area (Å²) in [5, 5.41) is 0.184. The number of cyclic esters (lactones) is 1. The van der Waals surface area contributed by atoms with E-state index in [9.17, 15) is 4.79 Å². The van der Waals surface area contributed by atoms with Crippen LogP contribution in [0.1, 0.15) is 41.0 Å². The van der Waals surface area contributed by atoms with E-state index in [0.717, 1.165) is 0 Å². The van der Waals surface area contributed by atoms with Crippen molar-refractivity contribution in [2.24, 2.45) is 0 Å². The Hall–Kier alpha value is -0.393. The van der Waals surface area contributed by atoms with Crippen LogP contribution in [0, 0.1) is 0 Å². The first-order valence-electron chi connectivity index (χ1n) is 6.49. The van der Waals surface area contributed by atoms with Gasteiger partial charge in [-0.25, -0.2) is 4.79 Å². The molecule has 1 fully saturated rings. The topological polar surface area (TPSA) is 44.8 Å². The summed E-state index contributed by atoms with van der Waals surface area (Å²) < 4.78 is 16.7. The third-order valence-electron chi connectivity index (χ3n) is 3.68. The second-order valence-electron chi connectivity index (χ2n) is 6.82. The van der Waals surface area contributed by atoms with Gasteiger partial charge in [-0.05, 0) is 18.1 Å². The lowest BCUT2D eigenvalue weighted by atomic mass is 10.2. The highest BCUT2D eigenvalue weighted by molar-refractivity contribution is 6.74. The van der Waals surface area contributed by atoms with E-state index in [4.69, 9.17) is 13.9 Å². The molecule has 0 saturated carbocycles. The maximum absolute atomic E-state index is 11.6. The van der Waals surface area contributed by atoms with Crippen LogP contribution in [0.15, 0.2) is 0 Å². The fraction of sp³-hybridized carbons (Fsp3) is 0.923. The SMILES string of the molecule is CC1(C)OC(=O)[C@@H](CCO[Si](C)(C)C(C)(C)C)O1. The van der Waals surface area contributed by atoms with Gasteiger partial charge in [-0.1, -0.05) is 20.8 Å². The Bertz CT molecular complexity index is 317. The molecule has 0 aromatic rings. The van der Waals surface area contributed by atoms with Gasteiger partial charge in [-0.15, -0.1) is 0 Å². The van der Waals surface area contributed by atoms with Gasteiger partial charge in [0.1, 0.15) is 0 Å². The lowest BCUT2D eigenvalue weighted by Crippen LogP contribution is -2.41. The van der Waals surface area contributed by atoms with Gasteiger partial charge in [-0.2, -0.15) is 0 Å². The van der Waals surface area contributed by atoms with Gasteiger partial charge in [0, 0.05) is 26.9 Å². The summed E-state index contributed by atoms with van der Waals surface area (Å²) in [4.78, 5) is 11.6. The zero-order valence-corrected chi connectivity index (χ0v) is 13.6. The molecule has 0 N–H and O–H groups in total. The molecule has 1 aliphatic rings. The second kappa shape index (κ2) is 4.94. The number of carbonyl (C=O) groups is 1. The van der Waals surface area contributed by atoms with Crippen molar-refractivity contribution in [1.82, 2.24) is 0 Å². The molecule has 106 valence electrons. The minimum atomic E-state index is -1.74. The summed E-state index contributed by atoms with van der Waals surface area (Å²) in [5.74, 6) is -1.07. The summed E-state index contributed by atoms with van der Waals surface area (Å²) in [6.07, 6.45) is 0.0826. The number of hydrogen-bond acceptors (Lipinski definition) is 4. The van der Waals surface area contributed by atoms with E-state index in [1.165, 1.54) is 0 Å². The quantitative estimate of drug-likeness (QED) is 0.584. The standard InChI is InChI=1S/C13H26O4Si/c1-12(2,3)18(6,7)15-9-8-10-11(14)17-13(4,5)16-10/h10H,8-9H2,1-7H3/t10-/m1/s1. The van der Waals surface area contributed by atoms with E-state index in [1.807, 2.05) is 0 Å². The van der Waals surface area contributed by atoms with Crippen molar-refractivity contribution in [3.63, 3.8) is 0 Å². The Morgan fingerprint density at radius 2 is 1.89 bits per heavy atom. The maximum Gasteiger partial charge on any atom is 0.338 e. The number of rotatable bonds is 4. The molecular formula is C13H26O4Si. The molecule has 4 nitrogen and oxygen atoms in total. The lowest BCUT2D eigenvalue weighted by molar-refractivity contribution is -0.160. The molecule has 0 bridgehead atoms. The van der Waals surface area contributed by atoms with E-state index in [-0.39, 0.29) is 11.0 Å². The van der Waals surface area contributed by atoms with Crippen LogP contribution >= 0.6 is 0 Å². The Morgan fingerprint density at radius 3 is 2.28 bits per heavy atom. The molecule has 0 radical (unpaired) electrons. The van der Waals surface area contributed by atoms with Crippen molar-refractivity contribution >= 4 is 14.3 Å². The molecule has 1 atom stereocenters. The minimum Gasteiger partial charge on any atom is -0.432 e. The Kier molecular flexibility index (Phi) is 4.30. The molecule has 5 heteroatoms. The third-order valence-corrected chi connectivity index (χ3v) is 8.22. The van der Waals surface area contributed by atoms with E-state index in [1.54, 1.807) is 13.8 Å². The average molecular weight is 274 g/mol. The fourth-order valence-corrected chi connectivity index (χ4v) is 2.60. The van der Waals surface area contributed by atoms with Crippen LogP contribution in [-0.4, -0.2) is 32.8 Å². The van der Waals surface area contributed by atoms with Crippen LogP contribution in [0.5, 0.6) is 0 Å². The maximum atomic E-state index is 11.6. The number of hydrogen-bond donors (Lipinski definition) is 0. The first kappa shape index (κ1) is 15.7. The van der Waals surface area contributed by atoms with Gasteiger partial charge < -0.3 is 13.9 Å². The summed E-state index contributed by atoms with van der Waals surface area (Å²) in [6, 6.07) is 0. The van der Waals surface area contributed by atoms with E-state index >= 15 is 0 Å². The van der Waals surface area contributed by atoms with Gasteiger partial charge in [0.25, 0.3) is 0 Å². The first-order chi connectivity index (χ1) is 7.95. The summed E-state index contributed by atoms with van der Waals surface area (Å²) in [7, 11) is -1.74. The largest absolute Gasteiger partial charge is 0.432 e. The smallest absolute Gasteiger partial charge is 0.338 e. The highest BCUT2D eigenvalue weighted by atomic mass is 28.4. The van der Waals surface area contributed by atoms with Gasteiger partial charge in [0.2, 0.25) is 5.79 Å². The molecule has 0 amide bonds. The molecular weight excluding hydrogens is 248 g/mol. The highest BCUT2D eigenvalue weighted by Crippen LogP contribution is 2.36. The summed E-state index contributed by atoms with van der Waals surface area (Å²) in [6.45, 7) is 15.0.